The molecule has 1 aromatic heterocycles. The lowest BCUT2D eigenvalue weighted by molar-refractivity contribution is -0.126. The lowest BCUT2D eigenvalue weighted by atomic mass is 9.96. The van der Waals surface area contributed by atoms with Crippen molar-refractivity contribution in [2.45, 2.75) is 45.6 Å². The van der Waals surface area contributed by atoms with Gasteiger partial charge in [0.2, 0.25) is 11.0 Å². The molecule has 0 spiro atoms. The van der Waals surface area contributed by atoms with Crippen molar-refractivity contribution in [2.75, 3.05) is 18.0 Å². The fourth-order valence-corrected chi connectivity index (χ4v) is 3.76. The number of rotatable bonds is 6. The Morgan fingerprint density at radius 1 is 1.32 bits per heavy atom. The van der Waals surface area contributed by atoms with Crippen LogP contribution in [-0.2, 0) is 11.2 Å². The highest BCUT2D eigenvalue weighted by Crippen LogP contribution is 2.25. The summed E-state index contributed by atoms with van der Waals surface area (Å²) in [5.41, 5.74) is 1.23. The molecule has 6 heteroatoms. The zero-order valence-corrected chi connectivity index (χ0v) is 15.8. The SMILES string of the molecule is CC[C@@H](C)NC(=O)C1CCN(c2nc(Cc3ccccc3)ns2)CC1. The number of amides is 1. The van der Waals surface area contributed by atoms with Gasteiger partial charge in [0.1, 0.15) is 5.82 Å². The Morgan fingerprint density at radius 2 is 2.04 bits per heavy atom. The molecule has 1 fully saturated rings. The van der Waals surface area contributed by atoms with Crippen LogP contribution >= 0.6 is 11.5 Å². The molecule has 0 bridgehead atoms. The van der Waals surface area contributed by atoms with Gasteiger partial charge in [0.05, 0.1) is 0 Å². The van der Waals surface area contributed by atoms with Crippen LogP contribution in [0.25, 0.3) is 0 Å². The van der Waals surface area contributed by atoms with E-state index in [0.29, 0.717) is 0 Å². The third kappa shape index (κ3) is 4.78. The third-order valence-corrected chi connectivity index (χ3v) is 5.61. The van der Waals surface area contributed by atoms with Crippen LogP contribution in [0, 0.1) is 5.92 Å². The summed E-state index contributed by atoms with van der Waals surface area (Å²) in [7, 11) is 0. The molecule has 1 aromatic carbocycles. The van der Waals surface area contributed by atoms with Crippen molar-refractivity contribution in [2.24, 2.45) is 5.92 Å². The number of anilines is 1. The number of nitrogens with one attached hydrogen (secondary N) is 1. The van der Waals surface area contributed by atoms with Gasteiger partial charge >= 0.3 is 0 Å². The Morgan fingerprint density at radius 3 is 2.72 bits per heavy atom. The molecule has 0 aliphatic carbocycles. The fourth-order valence-electron chi connectivity index (χ4n) is 3.02. The summed E-state index contributed by atoms with van der Waals surface area (Å²) in [4.78, 5) is 19.2. The van der Waals surface area contributed by atoms with Crippen molar-refractivity contribution in [1.29, 1.82) is 0 Å². The summed E-state index contributed by atoms with van der Waals surface area (Å²) in [6.45, 7) is 5.90. The molecule has 1 aliphatic rings. The van der Waals surface area contributed by atoms with Crippen molar-refractivity contribution >= 4 is 22.6 Å². The van der Waals surface area contributed by atoms with Gasteiger partial charge < -0.3 is 10.2 Å². The van der Waals surface area contributed by atoms with Gasteiger partial charge in [-0.3, -0.25) is 4.79 Å². The van der Waals surface area contributed by atoms with E-state index in [0.717, 1.165) is 49.7 Å². The second-order valence-corrected chi connectivity index (χ2v) is 7.47. The zero-order valence-electron chi connectivity index (χ0n) is 14.9. The zero-order chi connectivity index (χ0) is 17.6. The van der Waals surface area contributed by atoms with Crippen LogP contribution in [0.5, 0.6) is 0 Å². The average Bonchev–Trinajstić information content (AvgIpc) is 3.11. The van der Waals surface area contributed by atoms with Crippen LogP contribution < -0.4 is 10.2 Å². The minimum absolute atomic E-state index is 0.127. The van der Waals surface area contributed by atoms with E-state index in [1.165, 1.54) is 17.1 Å². The van der Waals surface area contributed by atoms with Crippen LogP contribution in [0.15, 0.2) is 30.3 Å². The van der Waals surface area contributed by atoms with E-state index in [1.54, 1.807) is 0 Å². The summed E-state index contributed by atoms with van der Waals surface area (Å²) in [5, 5.41) is 4.08. The molecule has 0 unspecified atom stereocenters. The highest BCUT2D eigenvalue weighted by atomic mass is 32.1. The lowest BCUT2D eigenvalue weighted by Gasteiger charge is -2.31. The van der Waals surface area contributed by atoms with E-state index in [1.807, 2.05) is 18.2 Å². The fraction of sp³-hybridized carbons (Fsp3) is 0.526. The maximum absolute atomic E-state index is 12.3. The summed E-state index contributed by atoms with van der Waals surface area (Å²) >= 11 is 1.46. The molecule has 2 aromatic rings. The van der Waals surface area contributed by atoms with E-state index in [2.05, 4.69) is 40.6 Å². The molecule has 1 saturated heterocycles. The monoisotopic (exact) mass is 358 g/mol. The maximum atomic E-state index is 12.3. The molecule has 2 heterocycles. The summed E-state index contributed by atoms with van der Waals surface area (Å²) in [6, 6.07) is 10.6. The van der Waals surface area contributed by atoms with Crippen molar-refractivity contribution < 1.29 is 4.79 Å². The molecule has 1 atom stereocenters. The first-order valence-electron chi connectivity index (χ1n) is 9.07. The summed E-state index contributed by atoms with van der Waals surface area (Å²) in [6.07, 6.45) is 3.51. The second kappa shape index (κ2) is 8.43. The van der Waals surface area contributed by atoms with Crippen molar-refractivity contribution in [3.63, 3.8) is 0 Å². The standard InChI is InChI=1S/C19H26N4OS/c1-3-14(2)20-18(24)16-9-11-23(12-10-16)19-21-17(22-25-19)13-15-7-5-4-6-8-15/h4-8,14,16H,3,9-13H2,1-2H3,(H,20,24)/t14-/m1/s1. The van der Waals surface area contributed by atoms with Crippen molar-refractivity contribution in [1.82, 2.24) is 14.7 Å². The first kappa shape index (κ1) is 17.9. The smallest absolute Gasteiger partial charge is 0.223 e. The largest absolute Gasteiger partial charge is 0.353 e. The predicted octanol–water partition coefficient (Wildman–Crippen LogP) is 3.26. The number of benzene rings is 1. The Labute approximate surface area is 153 Å². The number of nitrogens with zero attached hydrogens (tertiary/aromatic N) is 3. The van der Waals surface area contributed by atoms with Gasteiger partial charge in [-0.05, 0) is 31.7 Å². The van der Waals surface area contributed by atoms with E-state index >= 15 is 0 Å². The van der Waals surface area contributed by atoms with Gasteiger partial charge in [-0.25, -0.2) is 4.98 Å². The number of carbonyl (C=O) groups is 1. The minimum atomic E-state index is 0.127. The summed E-state index contributed by atoms with van der Waals surface area (Å²) in [5.74, 6) is 1.21. The Bertz CT molecular complexity index is 680. The molecule has 1 aliphatic heterocycles. The van der Waals surface area contributed by atoms with Crippen molar-refractivity contribution in [3.8, 4) is 0 Å². The van der Waals surface area contributed by atoms with Crippen LogP contribution in [0.4, 0.5) is 5.13 Å². The van der Waals surface area contributed by atoms with Crippen LogP contribution in [0.3, 0.4) is 0 Å². The van der Waals surface area contributed by atoms with Crippen LogP contribution in [0.2, 0.25) is 0 Å². The van der Waals surface area contributed by atoms with Gasteiger partial charge in [0, 0.05) is 43.0 Å². The molecular weight excluding hydrogens is 332 g/mol. The van der Waals surface area contributed by atoms with Gasteiger partial charge in [0.15, 0.2) is 0 Å². The molecule has 5 nitrogen and oxygen atoms in total. The number of hydrogen-bond donors (Lipinski definition) is 1. The predicted molar refractivity (Wildman–Crippen MR) is 102 cm³/mol. The number of carbonyl (C=O) groups excluding carboxylic acids is 1. The minimum Gasteiger partial charge on any atom is -0.353 e. The molecule has 25 heavy (non-hydrogen) atoms. The molecule has 1 N–H and O–H groups in total. The van der Waals surface area contributed by atoms with Crippen LogP contribution in [0.1, 0.15) is 44.5 Å². The molecular formula is C19H26N4OS. The Kier molecular flexibility index (Phi) is 6.02. The Hall–Kier alpha value is -1.95. The molecule has 0 saturated carbocycles. The van der Waals surface area contributed by atoms with Crippen LogP contribution in [-0.4, -0.2) is 34.4 Å². The van der Waals surface area contributed by atoms with E-state index < -0.39 is 0 Å². The lowest BCUT2D eigenvalue weighted by Crippen LogP contribution is -2.43. The van der Waals surface area contributed by atoms with Gasteiger partial charge in [-0.1, -0.05) is 37.3 Å². The van der Waals surface area contributed by atoms with Gasteiger partial charge in [-0.2, -0.15) is 4.37 Å². The number of piperidine rings is 1. The topological polar surface area (TPSA) is 58.1 Å². The maximum Gasteiger partial charge on any atom is 0.223 e. The molecule has 134 valence electrons. The second-order valence-electron chi connectivity index (χ2n) is 6.73. The first-order chi connectivity index (χ1) is 12.2. The van der Waals surface area contributed by atoms with Gasteiger partial charge in [-0.15, -0.1) is 0 Å². The number of hydrogen-bond acceptors (Lipinski definition) is 5. The third-order valence-electron chi connectivity index (χ3n) is 4.80. The first-order valence-corrected chi connectivity index (χ1v) is 9.85. The normalized spacial score (nSPS) is 16.6. The highest BCUT2D eigenvalue weighted by molar-refractivity contribution is 7.09. The Balaban J connectivity index is 1.52. The summed E-state index contributed by atoms with van der Waals surface area (Å²) < 4.78 is 4.50. The van der Waals surface area contributed by atoms with E-state index in [-0.39, 0.29) is 17.9 Å². The molecule has 1 amide bonds. The average molecular weight is 359 g/mol. The molecule has 3 rings (SSSR count). The quantitative estimate of drug-likeness (QED) is 0.861. The van der Waals surface area contributed by atoms with Gasteiger partial charge in [0.25, 0.3) is 0 Å². The highest BCUT2D eigenvalue weighted by Gasteiger charge is 2.27. The van der Waals surface area contributed by atoms with E-state index in [4.69, 9.17) is 4.98 Å². The van der Waals surface area contributed by atoms with Crippen molar-refractivity contribution in [3.05, 3.63) is 41.7 Å². The van der Waals surface area contributed by atoms with E-state index in [9.17, 15) is 4.79 Å². The number of aromatic nitrogens is 2. The molecule has 0 radical (unpaired) electrons.